The number of carbonyl (C=O) groups is 1. The molecule has 0 unspecified atom stereocenters. The van der Waals surface area contributed by atoms with Gasteiger partial charge in [0.25, 0.3) is 5.91 Å². The van der Waals surface area contributed by atoms with E-state index in [2.05, 4.69) is 0 Å². The maximum atomic E-state index is 12.6. The number of anilines is 1. The average Bonchev–Trinajstić information content (AvgIpc) is 2.84. The van der Waals surface area contributed by atoms with Gasteiger partial charge in [-0.25, -0.2) is 0 Å². The molecule has 2 aliphatic rings. The number of carbonyl (C=O) groups excluding carboxylic acids is 1. The summed E-state index contributed by atoms with van der Waals surface area (Å²) in [5.41, 5.74) is 0.186. The lowest BCUT2D eigenvalue weighted by molar-refractivity contribution is -0.133. The van der Waals surface area contributed by atoms with Crippen molar-refractivity contribution in [2.45, 2.75) is 51.2 Å². The molecular weight excluding hydrogens is 226 g/mol. The van der Waals surface area contributed by atoms with Crippen LogP contribution in [0.25, 0.3) is 0 Å². The van der Waals surface area contributed by atoms with Gasteiger partial charge in [0.05, 0.1) is 5.69 Å². The molecule has 0 bridgehead atoms. The number of rotatable bonds is 1. The zero-order valence-corrected chi connectivity index (χ0v) is 11.0. The number of para-hydroxylation sites is 2. The molecule has 1 saturated carbocycles. The van der Waals surface area contributed by atoms with Crippen molar-refractivity contribution in [3.05, 3.63) is 24.3 Å². The highest BCUT2D eigenvalue weighted by molar-refractivity contribution is 6.02. The van der Waals surface area contributed by atoms with Gasteiger partial charge in [-0.15, -0.1) is 0 Å². The van der Waals surface area contributed by atoms with E-state index in [9.17, 15) is 4.79 Å². The highest BCUT2D eigenvalue weighted by Crippen LogP contribution is 2.41. The largest absolute Gasteiger partial charge is 0.476 e. The maximum Gasteiger partial charge on any atom is 0.270 e. The van der Waals surface area contributed by atoms with Gasteiger partial charge in [-0.1, -0.05) is 25.0 Å². The van der Waals surface area contributed by atoms with Crippen molar-refractivity contribution in [1.82, 2.24) is 0 Å². The summed E-state index contributed by atoms with van der Waals surface area (Å²) in [6.07, 6.45) is 4.65. The molecule has 1 aromatic rings. The van der Waals surface area contributed by atoms with Crippen LogP contribution < -0.4 is 9.64 Å². The molecule has 3 heteroatoms. The quantitative estimate of drug-likeness (QED) is 0.760. The second kappa shape index (κ2) is 4.01. The van der Waals surface area contributed by atoms with Crippen molar-refractivity contribution >= 4 is 11.6 Å². The zero-order valence-electron chi connectivity index (χ0n) is 11.0. The summed E-state index contributed by atoms with van der Waals surface area (Å²) in [7, 11) is 0. The fourth-order valence-electron chi connectivity index (χ4n) is 2.99. The Labute approximate surface area is 108 Å². The maximum absolute atomic E-state index is 12.6. The van der Waals surface area contributed by atoms with Gasteiger partial charge < -0.3 is 9.64 Å². The summed E-state index contributed by atoms with van der Waals surface area (Å²) in [6.45, 7) is 3.71. The standard InChI is InChI=1S/C15H19NO2/c1-15(2)14(17)16(11-7-3-4-8-11)12-9-5-6-10-13(12)18-15/h5-6,9-11H,3-4,7-8H2,1-2H3. The van der Waals surface area contributed by atoms with Crippen LogP contribution in [0.4, 0.5) is 5.69 Å². The predicted molar refractivity (Wildman–Crippen MR) is 70.9 cm³/mol. The van der Waals surface area contributed by atoms with Crippen LogP contribution in [0.1, 0.15) is 39.5 Å². The van der Waals surface area contributed by atoms with Crippen molar-refractivity contribution in [2.24, 2.45) is 0 Å². The minimum Gasteiger partial charge on any atom is -0.476 e. The summed E-state index contributed by atoms with van der Waals surface area (Å²) in [6, 6.07) is 8.21. The van der Waals surface area contributed by atoms with E-state index in [-0.39, 0.29) is 5.91 Å². The van der Waals surface area contributed by atoms with E-state index < -0.39 is 5.60 Å². The number of amides is 1. The summed E-state index contributed by atoms with van der Waals surface area (Å²) in [5.74, 6) is 0.919. The van der Waals surface area contributed by atoms with Crippen LogP contribution in [-0.2, 0) is 4.79 Å². The van der Waals surface area contributed by atoms with Crippen molar-refractivity contribution < 1.29 is 9.53 Å². The molecule has 1 aliphatic heterocycles. The third-order valence-corrected chi connectivity index (χ3v) is 3.91. The molecule has 3 rings (SSSR count). The van der Waals surface area contributed by atoms with E-state index >= 15 is 0 Å². The van der Waals surface area contributed by atoms with Gasteiger partial charge in [0.15, 0.2) is 5.60 Å². The fraction of sp³-hybridized carbons (Fsp3) is 0.533. The first-order valence-electron chi connectivity index (χ1n) is 6.71. The van der Waals surface area contributed by atoms with E-state index in [1.165, 1.54) is 12.8 Å². The zero-order chi connectivity index (χ0) is 12.8. The molecule has 1 heterocycles. The van der Waals surface area contributed by atoms with Crippen molar-refractivity contribution in [1.29, 1.82) is 0 Å². The highest BCUT2D eigenvalue weighted by Gasteiger charge is 2.43. The van der Waals surface area contributed by atoms with Gasteiger partial charge in [-0.2, -0.15) is 0 Å². The Morgan fingerprint density at radius 1 is 1.22 bits per heavy atom. The number of nitrogens with zero attached hydrogens (tertiary/aromatic N) is 1. The first kappa shape index (κ1) is 11.6. The molecule has 96 valence electrons. The SMILES string of the molecule is CC1(C)Oc2ccccc2N(C2CCCC2)C1=O. The van der Waals surface area contributed by atoms with Crippen molar-refractivity contribution in [3.8, 4) is 5.75 Å². The minimum atomic E-state index is -0.753. The van der Waals surface area contributed by atoms with E-state index in [1.54, 1.807) is 0 Å². The van der Waals surface area contributed by atoms with Crippen molar-refractivity contribution in [3.63, 3.8) is 0 Å². The smallest absolute Gasteiger partial charge is 0.270 e. The normalized spacial score (nSPS) is 22.8. The van der Waals surface area contributed by atoms with Crippen LogP contribution in [0.15, 0.2) is 24.3 Å². The molecule has 18 heavy (non-hydrogen) atoms. The van der Waals surface area contributed by atoms with Gasteiger partial charge in [0.2, 0.25) is 0 Å². The van der Waals surface area contributed by atoms with E-state index in [0.29, 0.717) is 6.04 Å². The predicted octanol–water partition coefficient (Wildman–Crippen LogP) is 3.13. The molecule has 0 radical (unpaired) electrons. The number of fused-ring (bicyclic) bond motifs is 1. The average molecular weight is 245 g/mol. The Morgan fingerprint density at radius 2 is 1.89 bits per heavy atom. The summed E-state index contributed by atoms with van der Waals surface area (Å²) < 4.78 is 5.83. The van der Waals surface area contributed by atoms with E-state index in [1.807, 2.05) is 43.0 Å². The summed E-state index contributed by atoms with van der Waals surface area (Å²) >= 11 is 0. The minimum absolute atomic E-state index is 0.0908. The first-order valence-corrected chi connectivity index (χ1v) is 6.71. The van der Waals surface area contributed by atoms with Gasteiger partial charge in [-0.05, 0) is 38.8 Å². The molecular formula is C15H19NO2. The van der Waals surface area contributed by atoms with Gasteiger partial charge >= 0.3 is 0 Å². The lowest BCUT2D eigenvalue weighted by Gasteiger charge is -2.41. The third kappa shape index (κ3) is 1.69. The second-order valence-electron chi connectivity index (χ2n) is 5.69. The molecule has 1 aromatic carbocycles. The Hall–Kier alpha value is -1.51. The van der Waals surface area contributed by atoms with Crippen LogP contribution in [0.2, 0.25) is 0 Å². The van der Waals surface area contributed by atoms with Crippen LogP contribution >= 0.6 is 0 Å². The topological polar surface area (TPSA) is 29.5 Å². The van der Waals surface area contributed by atoms with Gasteiger partial charge in [-0.3, -0.25) is 4.79 Å². The van der Waals surface area contributed by atoms with E-state index in [4.69, 9.17) is 4.74 Å². The van der Waals surface area contributed by atoms with Crippen molar-refractivity contribution in [2.75, 3.05) is 4.90 Å². The molecule has 1 aliphatic carbocycles. The lowest BCUT2D eigenvalue weighted by Crippen LogP contribution is -2.55. The lowest BCUT2D eigenvalue weighted by atomic mass is 10.0. The molecule has 0 N–H and O–H groups in total. The Bertz CT molecular complexity index is 475. The van der Waals surface area contributed by atoms with Crippen LogP contribution in [0.3, 0.4) is 0 Å². The number of benzene rings is 1. The number of ether oxygens (including phenoxy) is 1. The molecule has 0 saturated heterocycles. The monoisotopic (exact) mass is 245 g/mol. The Balaban J connectivity index is 2.06. The molecule has 3 nitrogen and oxygen atoms in total. The Kier molecular flexibility index (Phi) is 2.58. The molecule has 0 atom stereocenters. The Morgan fingerprint density at radius 3 is 2.61 bits per heavy atom. The molecule has 1 amide bonds. The molecule has 1 fully saturated rings. The number of hydrogen-bond acceptors (Lipinski definition) is 2. The number of hydrogen-bond donors (Lipinski definition) is 0. The fourth-order valence-corrected chi connectivity index (χ4v) is 2.99. The summed E-state index contributed by atoms with van der Waals surface area (Å²) in [5, 5.41) is 0. The van der Waals surface area contributed by atoms with Crippen LogP contribution in [0.5, 0.6) is 5.75 Å². The van der Waals surface area contributed by atoms with Gasteiger partial charge in [0, 0.05) is 6.04 Å². The summed E-state index contributed by atoms with van der Waals surface area (Å²) in [4.78, 5) is 14.6. The molecule has 0 spiro atoms. The van der Waals surface area contributed by atoms with Crippen LogP contribution in [0, 0.1) is 0 Å². The second-order valence-corrected chi connectivity index (χ2v) is 5.69. The van der Waals surface area contributed by atoms with E-state index in [0.717, 1.165) is 24.3 Å². The highest BCUT2D eigenvalue weighted by atomic mass is 16.5. The first-order chi connectivity index (χ1) is 8.59. The van der Waals surface area contributed by atoms with Crippen LogP contribution in [-0.4, -0.2) is 17.6 Å². The molecule has 0 aromatic heterocycles. The van der Waals surface area contributed by atoms with Gasteiger partial charge in [0.1, 0.15) is 5.75 Å². The third-order valence-electron chi connectivity index (χ3n) is 3.91.